The van der Waals surface area contributed by atoms with E-state index in [-0.39, 0.29) is 17.8 Å². The summed E-state index contributed by atoms with van der Waals surface area (Å²) in [6.07, 6.45) is 0. The highest BCUT2D eigenvalue weighted by molar-refractivity contribution is 7.99. The molecule has 2 aromatic rings. The minimum absolute atomic E-state index is 0.197. The largest absolute Gasteiger partial charge is 0.271 e. The second-order valence-electron chi connectivity index (χ2n) is 4.62. The van der Waals surface area contributed by atoms with E-state index < -0.39 is 0 Å². The lowest BCUT2D eigenvalue weighted by molar-refractivity contribution is 0.460. The number of benzene rings is 2. The fraction of sp³-hybridized carbons (Fsp3) is 0.200. The zero-order chi connectivity index (χ0) is 13.2. The van der Waals surface area contributed by atoms with Crippen molar-refractivity contribution in [3.8, 4) is 0 Å². The van der Waals surface area contributed by atoms with E-state index in [9.17, 15) is 4.39 Å². The van der Waals surface area contributed by atoms with Crippen molar-refractivity contribution in [1.82, 2.24) is 5.43 Å². The summed E-state index contributed by atoms with van der Waals surface area (Å²) in [5, 5.41) is 0. The van der Waals surface area contributed by atoms with Gasteiger partial charge in [-0.05, 0) is 17.7 Å². The summed E-state index contributed by atoms with van der Waals surface area (Å²) in [5.74, 6) is 6.59. The molecule has 0 saturated heterocycles. The minimum atomic E-state index is -0.208. The van der Waals surface area contributed by atoms with Crippen molar-refractivity contribution in [2.24, 2.45) is 5.84 Å². The molecular formula is C15H15FN2S. The Kier molecular flexibility index (Phi) is 3.55. The lowest BCUT2D eigenvalue weighted by Gasteiger charge is -2.24. The van der Waals surface area contributed by atoms with Gasteiger partial charge in [-0.2, -0.15) is 0 Å². The van der Waals surface area contributed by atoms with E-state index in [2.05, 4.69) is 17.6 Å². The summed E-state index contributed by atoms with van der Waals surface area (Å²) in [7, 11) is 0. The van der Waals surface area contributed by atoms with Gasteiger partial charge in [0.15, 0.2) is 0 Å². The first-order valence-corrected chi connectivity index (χ1v) is 7.22. The van der Waals surface area contributed by atoms with Crippen LogP contribution in [0.4, 0.5) is 4.39 Å². The monoisotopic (exact) mass is 274 g/mol. The van der Waals surface area contributed by atoms with Gasteiger partial charge in [-0.3, -0.25) is 11.3 Å². The Bertz CT molecular complexity index is 588. The third-order valence-corrected chi connectivity index (χ3v) is 4.77. The SMILES string of the molecule is NNC(c1ccccc1F)C1CSc2ccccc21. The number of hydrogen-bond acceptors (Lipinski definition) is 3. The van der Waals surface area contributed by atoms with Crippen LogP contribution in [-0.4, -0.2) is 5.75 Å². The molecule has 98 valence electrons. The molecule has 0 aliphatic carbocycles. The van der Waals surface area contributed by atoms with Crippen LogP contribution in [-0.2, 0) is 0 Å². The van der Waals surface area contributed by atoms with E-state index >= 15 is 0 Å². The maximum absolute atomic E-state index is 14.0. The summed E-state index contributed by atoms with van der Waals surface area (Å²) < 4.78 is 14.0. The van der Waals surface area contributed by atoms with E-state index in [0.717, 1.165) is 5.75 Å². The molecule has 4 heteroatoms. The van der Waals surface area contributed by atoms with Crippen LogP contribution >= 0.6 is 11.8 Å². The van der Waals surface area contributed by atoms with Crippen LogP contribution < -0.4 is 11.3 Å². The molecule has 2 nitrogen and oxygen atoms in total. The molecule has 0 fully saturated rings. The fourth-order valence-electron chi connectivity index (χ4n) is 2.61. The van der Waals surface area contributed by atoms with Crippen LogP contribution in [0.25, 0.3) is 0 Å². The Labute approximate surface area is 116 Å². The molecule has 0 spiro atoms. The van der Waals surface area contributed by atoms with Gasteiger partial charge < -0.3 is 0 Å². The van der Waals surface area contributed by atoms with Crippen molar-refractivity contribution < 1.29 is 4.39 Å². The molecule has 1 aliphatic rings. The van der Waals surface area contributed by atoms with Gasteiger partial charge in [0, 0.05) is 22.1 Å². The van der Waals surface area contributed by atoms with Crippen molar-refractivity contribution in [2.45, 2.75) is 16.9 Å². The van der Waals surface area contributed by atoms with Crippen molar-refractivity contribution in [2.75, 3.05) is 5.75 Å². The molecule has 0 amide bonds. The first-order valence-electron chi connectivity index (χ1n) is 6.23. The third-order valence-electron chi connectivity index (χ3n) is 3.56. The quantitative estimate of drug-likeness (QED) is 0.666. The second kappa shape index (κ2) is 5.33. The highest BCUT2D eigenvalue weighted by Gasteiger charge is 2.31. The van der Waals surface area contributed by atoms with E-state index in [1.165, 1.54) is 16.5 Å². The van der Waals surface area contributed by atoms with Crippen molar-refractivity contribution in [1.29, 1.82) is 0 Å². The number of hydrogen-bond donors (Lipinski definition) is 2. The van der Waals surface area contributed by atoms with E-state index in [1.54, 1.807) is 23.9 Å². The number of nitrogens with two attached hydrogens (primary N) is 1. The summed E-state index contributed by atoms with van der Waals surface area (Å²) >= 11 is 1.80. The number of hydrazine groups is 1. The van der Waals surface area contributed by atoms with Crippen LogP contribution in [0.1, 0.15) is 23.1 Å². The normalized spacial score (nSPS) is 19.2. The number of thioether (sulfide) groups is 1. The second-order valence-corrected chi connectivity index (χ2v) is 5.68. The van der Waals surface area contributed by atoms with Gasteiger partial charge in [0.25, 0.3) is 0 Å². The molecule has 2 unspecified atom stereocenters. The maximum atomic E-state index is 14.0. The van der Waals surface area contributed by atoms with Gasteiger partial charge in [-0.25, -0.2) is 4.39 Å². The number of fused-ring (bicyclic) bond motifs is 1. The van der Waals surface area contributed by atoms with Gasteiger partial charge in [-0.1, -0.05) is 36.4 Å². The molecule has 1 aliphatic heterocycles. The molecule has 0 radical (unpaired) electrons. The van der Waals surface area contributed by atoms with Gasteiger partial charge in [-0.15, -0.1) is 11.8 Å². The molecule has 0 saturated carbocycles. The van der Waals surface area contributed by atoms with Crippen LogP contribution in [0.3, 0.4) is 0 Å². The fourth-order valence-corrected chi connectivity index (χ4v) is 3.91. The summed E-state index contributed by atoms with van der Waals surface area (Å²) in [6, 6.07) is 14.9. The van der Waals surface area contributed by atoms with Gasteiger partial charge in [0.1, 0.15) is 5.82 Å². The topological polar surface area (TPSA) is 38.0 Å². The lowest BCUT2D eigenvalue weighted by atomic mass is 9.89. The zero-order valence-electron chi connectivity index (χ0n) is 10.3. The minimum Gasteiger partial charge on any atom is -0.271 e. The van der Waals surface area contributed by atoms with Crippen LogP contribution in [0, 0.1) is 5.82 Å². The molecule has 2 aromatic carbocycles. The van der Waals surface area contributed by atoms with Crippen molar-refractivity contribution in [3.05, 3.63) is 65.5 Å². The molecule has 1 heterocycles. The van der Waals surface area contributed by atoms with Gasteiger partial charge in [0.05, 0.1) is 6.04 Å². The van der Waals surface area contributed by atoms with E-state index in [0.29, 0.717) is 5.56 Å². The molecule has 3 N–H and O–H groups in total. The predicted octanol–water partition coefficient (Wildman–Crippen LogP) is 3.22. The molecule has 0 bridgehead atoms. The number of rotatable bonds is 3. The zero-order valence-corrected chi connectivity index (χ0v) is 11.2. The Morgan fingerprint density at radius 1 is 1.16 bits per heavy atom. The van der Waals surface area contributed by atoms with Crippen LogP contribution in [0.15, 0.2) is 53.4 Å². The third kappa shape index (κ3) is 2.27. The average molecular weight is 274 g/mol. The first kappa shape index (κ1) is 12.7. The predicted molar refractivity (Wildman–Crippen MR) is 76.4 cm³/mol. The smallest absolute Gasteiger partial charge is 0.128 e. The summed E-state index contributed by atoms with van der Waals surface area (Å²) in [5.41, 5.74) is 4.67. The molecule has 3 rings (SSSR count). The molecule has 2 atom stereocenters. The Hall–Kier alpha value is -1.36. The van der Waals surface area contributed by atoms with Crippen LogP contribution in [0.5, 0.6) is 0 Å². The van der Waals surface area contributed by atoms with E-state index in [1.807, 2.05) is 18.2 Å². The Balaban J connectivity index is 1.99. The Morgan fingerprint density at radius 3 is 2.68 bits per heavy atom. The highest BCUT2D eigenvalue weighted by atomic mass is 32.2. The van der Waals surface area contributed by atoms with Crippen LogP contribution in [0.2, 0.25) is 0 Å². The summed E-state index contributed by atoms with van der Waals surface area (Å²) in [6.45, 7) is 0. The standard InChI is InChI=1S/C15H15FN2S/c16-13-7-3-1-6-11(13)15(18-17)12-9-19-14-8-4-2-5-10(12)14/h1-8,12,15,18H,9,17H2. The van der Waals surface area contributed by atoms with E-state index in [4.69, 9.17) is 5.84 Å². The van der Waals surface area contributed by atoms with Crippen molar-refractivity contribution in [3.63, 3.8) is 0 Å². The lowest BCUT2D eigenvalue weighted by Crippen LogP contribution is -2.33. The molecule has 19 heavy (non-hydrogen) atoms. The highest BCUT2D eigenvalue weighted by Crippen LogP contribution is 2.45. The molecule has 0 aromatic heterocycles. The summed E-state index contributed by atoms with van der Waals surface area (Å²) in [4.78, 5) is 1.27. The first-order chi connectivity index (χ1) is 9.31. The maximum Gasteiger partial charge on any atom is 0.128 e. The average Bonchev–Trinajstić information content (AvgIpc) is 2.86. The van der Waals surface area contributed by atoms with Gasteiger partial charge in [0.2, 0.25) is 0 Å². The molecular weight excluding hydrogens is 259 g/mol. The number of halogens is 1. The number of nitrogens with one attached hydrogen (secondary N) is 1. The van der Waals surface area contributed by atoms with Crippen molar-refractivity contribution >= 4 is 11.8 Å². The van der Waals surface area contributed by atoms with Gasteiger partial charge >= 0.3 is 0 Å². The Morgan fingerprint density at radius 2 is 1.89 bits per heavy atom.